The second-order valence-corrected chi connectivity index (χ2v) is 5.89. The first-order valence-corrected chi connectivity index (χ1v) is 7.12. The van der Waals surface area contributed by atoms with Crippen molar-refractivity contribution >= 4 is 48.9 Å². The second-order valence-electron chi connectivity index (χ2n) is 4.12. The van der Waals surface area contributed by atoms with Crippen LogP contribution in [0.1, 0.15) is 11.1 Å². The Morgan fingerprint density at radius 2 is 1.89 bits per heavy atom. The number of halogens is 2. The van der Waals surface area contributed by atoms with Gasteiger partial charge in [-0.05, 0) is 58.7 Å². The zero-order valence-electron chi connectivity index (χ0n) is 10.2. The topological polar surface area (TPSA) is 61.8 Å². The van der Waals surface area contributed by atoms with Crippen LogP contribution in [0.4, 0.5) is 17.1 Å². The summed E-state index contributed by atoms with van der Waals surface area (Å²) in [7, 11) is 0. The molecule has 0 saturated heterocycles. The van der Waals surface area contributed by atoms with Crippen LogP contribution in [-0.4, -0.2) is 0 Å². The average molecular weight is 381 g/mol. The van der Waals surface area contributed by atoms with E-state index in [9.17, 15) is 0 Å². The van der Waals surface area contributed by atoms with Crippen LogP contribution < -0.4 is 11.1 Å². The number of rotatable bonds is 2. The number of hydrogen-bond acceptors (Lipinski definition) is 3. The van der Waals surface area contributed by atoms with Gasteiger partial charge in [-0.2, -0.15) is 5.26 Å². The highest BCUT2D eigenvalue weighted by atomic mass is 79.9. The maximum atomic E-state index is 9.12. The minimum Gasteiger partial charge on any atom is -0.398 e. The van der Waals surface area contributed by atoms with Crippen LogP contribution in [-0.2, 0) is 0 Å². The quantitative estimate of drug-likeness (QED) is 0.741. The molecule has 0 amide bonds. The van der Waals surface area contributed by atoms with Crippen molar-refractivity contribution in [3.8, 4) is 6.07 Å². The third kappa shape index (κ3) is 3.09. The number of nitrogens with zero attached hydrogens (tertiary/aromatic N) is 1. The minimum absolute atomic E-state index is 0.588. The number of aryl methyl sites for hydroxylation is 1. The Labute approximate surface area is 128 Å². The second kappa shape index (κ2) is 5.64. The molecule has 19 heavy (non-hydrogen) atoms. The number of benzene rings is 2. The van der Waals surface area contributed by atoms with Crippen LogP contribution >= 0.6 is 31.9 Å². The van der Waals surface area contributed by atoms with Crippen LogP contribution in [0, 0.1) is 18.3 Å². The monoisotopic (exact) mass is 379 g/mol. The number of anilines is 3. The van der Waals surface area contributed by atoms with Crippen molar-refractivity contribution in [2.75, 3.05) is 11.1 Å². The highest BCUT2D eigenvalue weighted by molar-refractivity contribution is 9.10. The number of nitrogen functional groups attached to an aromatic ring is 1. The number of hydrogen-bond donors (Lipinski definition) is 2. The van der Waals surface area contributed by atoms with Crippen molar-refractivity contribution in [2.24, 2.45) is 0 Å². The summed E-state index contributed by atoms with van der Waals surface area (Å²) < 4.78 is 1.77. The van der Waals surface area contributed by atoms with Crippen LogP contribution in [0.5, 0.6) is 0 Å². The maximum absolute atomic E-state index is 9.12. The predicted molar refractivity (Wildman–Crippen MR) is 85.4 cm³/mol. The molecule has 3 N–H and O–H groups in total. The molecule has 5 heteroatoms. The summed E-state index contributed by atoms with van der Waals surface area (Å²) in [6.07, 6.45) is 0. The van der Waals surface area contributed by atoms with E-state index in [1.807, 2.05) is 31.2 Å². The molecule has 3 nitrogen and oxygen atoms in total. The van der Waals surface area contributed by atoms with Gasteiger partial charge < -0.3 is 11.1 Å². The normalized spacial score (nSPS) is 10.0. The van der Waals surface area contributed by atoms with E-state index in [1.165, 1.54) is 0 Å². The van der Waals surface area contributed by atoms with E-state index in [2.05, 4.69) is 43.2 Å². The molecule has 0 saturated carbocycles. The molecule has 0 aliphatic rings. The van der Waals surface area contributed by atoms with Crippen molar-refractivity contribution < 1.29 is 0 Å². The van der Waals surface area contributed by atoms with Crippen molar-refractivity contribution in [2.45, 2.75) is 6.92 Å². The Morgan fingerprint density at radius 3 is 2.58 bits per heavy atom. The highest BCUT2D eigenvalue weighted by Gasteiger charge is 2.07. The Hall–Kier alpha value is -1.51. The van der Waals surface area contributed by atoms with E-state index in [0.29, 0.717) is 5.56 Å². The molecule has 96 valence electrons. The van der Waals surface area contributed by atoms with Gasteiger partial charge in [0, 0.05) is 14.6 Å². The molecule has 0 heterocycles. The lowest BCUT2D eigenvalue weighted by atomic mass is 10.1. The molecule has 0 atom stereocenters. The third-order valence-corrected chi connectivity index (χ3v) is 3.88. The fourth-order valence-corrected chi connectivity index (χ4v) is 2.48. The van der Waals surface area contributed by atoms with Crippen molar-refractivity contribution in [1.82, 2.24) is 0 Å². The van der Waals surface area contributed by atoms with Gasteiger partial charge in [0.05, 0.1) is 16.9 Å². The number of nitrogens with two attached hydrogens (primary N) is 1. The van der Waals surface area contributed by atoms with Gasteiger partial charge >= 0.3 is 0 Å². The van der Waals surface area contributed by atoms with Crippen LogP contribution in [0.25, 0.3) is 0 Å². The van der Waals surface area contributed by atoms with Crippen LogP contribution in [0.2, 0.25) is 0 Å². The molecular formula is C14H11Br2N3. The molecule has 2 aromatic rings. The fourth-order valence-electron chi connectivity index (χ4n) is 1.66. The van der Waals surface area contributed by atoms with Crippen LogP contribution in [0.15, 0.2) is 39.3 Å². The van der Waals surface area contributed by atoms with Crippen molar-refractivity contribution in [3.63, 3.8) is 0 Å². The molecule has 2 rings (SSSR count). The van der Waals surface area contributed by atoms with Gasteiger partial charge in [-0.15, -0.1) is 0 Å². The molecule has 0 aliphatic carbocycles. The van der Waals surface area contributed by atoms with E-state index in [4.69, 9.17) is 11.0 Å². The highest BCUT2D eigenvalue weighted by Crippen LogP contribution is 2.32. The lowest BCUT2D eigenvalue weighted by Crippen LogP contribution is -1.97. The fraction of sp³-hybridized carbons (Fsp3) is 0.0714. The molecule has 0 radical (unpaired) electrons. The summed E-state index contributed by atoms with van der Waals surface area (Å²) in [5.74, 6) is 0. The Morgan fingerprint density at radius 1 is 1.16 bits per heavy atom. The standard InChI is InChI=1S/C14H11Br2N3/c1-8-4-14(11(16)6-12(8)18)19-13-5-10(15)3-2-9(13)7-17/h2-6,19H,18H2,1H3. The van der Waals surface area contributed by atoms with E-state index < -0.39 is 0 Å². The van der Waals surface area contributed by atoms with Gasteiger partial charge in [0.15, 0.2) is 0 Å². The molecule has 0 unspecified atom stereocenters. The first kappa shape index (κ1) is 13.9. The molecule has 0 aromatic heterocycles. The predicted octanol–water partition coefficient (Wildman–Crippen LogP) is 4.72. The van der Waals surface area contributed by atoms with Gasteiger partial charge in [0.1, 0.15) is 6.07 Å². The lowest BCUT2D eigenvalue weighted by molar-refractivity contribution is 1.41. The summed E-state index contributed by atoms with van der Waals surface area (Å²) in [5.41, 5.74) is 9.78. The molecule has 0 spiro atoms. The zero-order valence-corrected chi connectivity index (χ0v) is 13.3. The zero-order chi connectivity index (χ0) is 14.0. The third-order valence-electron chi connectivity index (χ3n) is 2.73. The Balaban J connectivity index is 2.45. The van der Waals surface area contributed by atoms with Gasteiger partial charge in [-0.1, -0.05) is 15.9 Å². The summed E-state index contributed by atoms with van der Waals surface area (Å²) in [4.78, 5) is 0. The molecule has 0 aliphatic heterocycles. The largest absolute Gasteiger partial charge is 0.398 e. The number of nitrogens with one attached hydrogen (secondary N) is 1. The lowest BCUT2D eigenvalue weighted by Gasteiger charge is -2.12. The van der Waals surface area contributed by atoms with E-state index in [1.54, 1.807) is 6.07 Å². The smallest absolute Gasteiger partial charge is 0.101 e. The van der Waals surface area contributed by atoms with E-state index in [0.717, 1.165) is 31.6 Å². The van der Waals surface area contributed by atoms with Crippen molar-refractivity contribution in [3.05, 3.63) is 50.4 Å². The summed E-state index contributed by atoms with van der Waals surface area (Å²) in [5, 5.41) is 12.4. The minimum atomic E-state index is 0.588. The average Bonchev–Trinajstić information content (AvgIpc) is 2.36. The summed E-state index contributed by atoms with van der Waals surface area (Å²) in [6, 6.07) is 11.4. The molecule has 0 fully saturated rings. The Bertz CT molecular complexity index is 675. The van der Waals surface area contributed by atoms with E-state index in [-0.39, 0.29) is 0 Å². The molecular weight excluding hydrogens is 370 g/mol. The van der Waals surface area contributed by atoms with Gasteiger partial charge in [-0.3, -0.25) is 0 Å². The SMILES string of the molecule is Cc1cc(Nc2cc(Br)ccc2C#N)c(Br)cc1N. The van der Waals surface area contributed by atoms with E-state index >= 15 is 0 Å². The Kier molecular flexibility index (Phi) is 4.13. The van der Waals surface area contributed by atoms with Gasteiger partial charge in [-0.25, -0.2) is 0 Å². The van der Waals surface area contributed by atoms with Gasteiger partial charge in [0.2, 0.25) is 0 Å². The number of nitriles is 1. The van der Waals surface area contributed by atoms with Crippen molar-refractivity contribution in [1.29, 1.82) is 5.26 Å². The molecule has 0 bridgehead atoms. The van der Waals surface area contributed by atoms with Crippen LogP contribution in [0.3, 0.4) is 0 Å². The van der Waals surface area contributed by atoms with Gasteiger partial charge in [0.25, 0.3) is 0 Å². The summed E-state index contributed by atoms with van der Waals surface area (Å²) in [6.45, 7) is 1.94. The molecule has 2 aromatic carbocycles. The first-order valence-electron chi connectivity index (χ1n) is 5.53. The summed E-state index contributed by atoms with van der Waals surface area (Å²) >= 11 is 6.87. The maximum Gasteiger partial charge on any atom is 0.101 e. The first-order chi connectivity index (χ1) is 9.01.